The molecule has 0 unspecified atom stereocenters. The Balaban J connectivity index is 1.75. The molecule has 0 aliphatic carbocycles. The quantitative estimate of drug-likeness (QED) is 0.792. The third kappa shape index (κ3) is 3.85. The van der Waals surface area contributed by atoms with Gasteiger partial charge in [-0.15, -0.1) is 0 Å². The minimum absolute atomic E-state index is 0.240. The number of ketones is 1. The summed E-state index contributed by atoms with van der Waals surface area (Å²) in [6.07, 6.45) is 2.55. The first kappa shape index (κ1) is 15.0. The molecule has 112 valence electrons. The lowest BCUT2D eigenvalue weighted by atomic mass is 10.00. The van der Waals surface area contributed by atoms with E-state index >= 15 is 0 Å². The molecule has 22 heavy (non-hydrogen) atoms. The number of nitrogens with zero attached hydrogens (tertiary/aromatic N) is 1. The lowest BCUT2D eigenvalue weighted by Crippen LogP contribution is -2.35. The highest BCUT2D eigenvalue weighted by Gasteiger charge is 2.21. The molecule has 0 aromatic heterocycles. The maximum atomic E-state index is 12.2. The summed E-state index contributed by atoms with van der Waals surface area (Å²) in [5.41, 5.74) is 3.13. The van der Waals surface area contributed by atoms with Crippen LogP contribution in [-0.2, 0) is 11.3 Å². The van der Waals surface area contributed by atoms with Gasteiger partial charge in [-0.05, 0) is 29.3 Å². The van der Waals surface area contributed by atoms with Gasteiger partial charge in [0.05, 0.1) is 0 Å². The van der Waals surface area contributed by atoms with Gasteiger partial charge >= 0.3 is 0 Å². The van der Waals surface area contributed by atoms with Gasteiger partial charge in [0.1, 0.15) is 0 Å². The van der Waals surface area contributed by atoms with Crippen molar-refractivity contribution in [2.45, 2.75) is 13.0 Å². The molecule has 1 fully saturated rings. The monoisotopic (exact) mass is 311 g/mol. The predicted molar refractivity (Wildman–Crippen MR) is 90.8 cm³/mol. The van der Waals surface area contributed by atoms with Crippen LogP contribution in [0.5, 0.6) is 0 Å². The van der Waals surface area contributed by atoms with Gasteiger partial charge in [-0.2, -0.15) is 0 Å². The zero-order valence-electron chi connectivity index (χ0n) is 12.3. The first-order chi connectivity index (χ1) is 10.7. The summed E-state index contributed by atoms with van der Waals surface area (Å²) < 4.78 is 0. The Morgan fingerprint density at radius 2 is 1.91 bits per heavy atom. The fraction of sp³-hybridized carbons (Fsp3) is 0.211. The zero-order chi connectivity index (χ0) is 15.4. The largest absolute Gasteiger partial charge is 0.294 e. The van der Waals surface area contributed by atoms with Gasteiger partial charge in [-0.1, -0.05) is 54.1 Å². The molecule has 0 bridgehead atoms. The fourth-order valence-corrected chi connectivity index (χ4v) is 2.93. The molecule has 3 heteroatoms. The molecule has 0 atom stereocenters. The van der Waals surface area contributed by atoms with E-state index in [9.17, 15) is 4.79 Å². The summed E-state index contributed by atoms with van der Waals surface area (Å²) in [5, 5.41) is 0.693. The molecule has 1 heterocycles. The predicted octanol–water partition coefficient (Wildman–Crippen LogP) is 4.20. The van der Waals surface area contributed by atoms with E-state index in [0.717, 1.165) is 24.2 Å². The number of hydrogen-bond acceptors (Lipinski definition) is 2. The third-order valence-electron chi connectivity index (χ3n) is 3.85. The zero-order valence-corrected chi connectivity index (χ0v) is 13.1. The lowest BCUT2D eigenvalue weighted by Gasteiger charge is -2.27. The summed E-state index contributed by atoms with van der Waals surface area (Å²) in [6.45, 7) is 2.39. The number of hydrogen-bond donors (Lipinski definition) is 0. The SMILES string of the molecule is O=C1CCN(Cc2ccccc2)C/C1=C\c1cccc(Cl)c1. The minimum atomic E-state index is 0.240. The van der Waals surface area contributed by atoms with Gasteiger partial charge in [0.25, 0.3) is 0 Å². The van der Waals surface area contributed by atoms with Gasteiger partial charge in [0, 0.05) is 36.7 Å². The van der Waals surface area contributed by atoms with Gasteiger partial charge in [-0.25, -0.2) is 0 Å². The number of carbonyl (C=O) groups is 1. The van der Waals surface area contributed by atoms with Crippen LogP contribution in [0.15, 0.2) is 60.2 Å². The van der Waals surface area contributed by atoms with E-state index in [2.05, 4.69) is 17.0 Å². The smallest absolute Gasteiger partial charge is 0.161 e. The second-order valence-electron chi connectivity index (χ2n) is 5.59. The van der Waals surface area contributed by atoms with E-state index in [1.54, 1.807) is 0 Å². The van der Waals surface area contributed by atoms with Crippen molar-refractivity contribution in [2.24, 2.45) is 0 Å². The van der Waals surface area contributed by atoms with Crippen molar-refractivity contribution >= 4 is 23.5 Å². The molecule has 0 saturated carbocycles. The molecule has 2 nitrogen and oxygen atoms in total. The first-order valence-electron chi connectivity index (χ1n) is 7.46. The Morgan fingerprint density at radius 1 is 1.09 bits per heavy atom. The van der Waals surface area contributed by atoms with E-state index in [-0.39, 0.29) is 5.78 Å². The highest BCUT2D eigenvalue weighted by molar-refractivity contribution is 6.30. The topological polar surface area (TPSA) is 20.3 Å². The van der Waals surface area contributed by atoms with Crippen molar-refractivity contribution in [3.8, 4) is 0 Å². The Bertz CT molecular complexity index is 694. The van der Waals surface area contributed by atoms with Gasteiger partial charge in [-0.3, -0.25) is 9.69 Å². The highest BCUT2D eigenvalue weighted by Crippen LogP contribution is 2.19. The molecule has 0 radical (unpaired) electrons. The van der Waals surface area contributed by atoms with E-state index < -0.39 is 0 Å². The van der Waals surface area contributed by atoms with Crippen molar-refractivity contribution in [3.05, 3.63) is 76.3 Å². The Hall–Kier alpha value is -1.90. The highest BCUT2D eigenvalue weighted by atomic mass is 35.5. The summed E-state index contributed by atoms with van der Waals surface area (Å²) in [7, 11) is 0. The molecular weight excluding hydrogens is 294 g/mol. The van der Waals surface area contributed by atoms with Crippen LogP contribution in [0.4, 0.5) is 0 Å². The Morgan fingerprint density at radius 3 is 2.68 bits per heavy atom. The maximum Gasteiger partial charge on any atom is 0.161 e. The molecule has 2 aromatic carbocycles. The number of halogens is 1. The van der Waals surface area contributed by atoms with Crippen LogP contribution in [0.3, 0.4) is 0 Å². The van der Waals surface area contributed by atoms with Crippen molar-refractivity contribution < 1.29 is 4.79 Å². The standard InChI is InChI=1S/C19H18ClNO/c20-18-8-4-7-16(12-18)11-17-14-21(10-9-19(17)22)13-15-5-2-1-3-6-15/h1-8,11-12H,9-10,13-14H2/b17-11+. The summed E-state index contributed by atoms with van der Waals surface area (Å²) in [6, 6.07) is 18.0. The van der Waals surface area contributed by atoms with Gasteiger partial charge in [0.15, 0.2) is 5.78 Å². The average molecular weight is 312 g/mol. The van der Waals surface area contributed by atoms with E-state index in [1.807, 2.05) is 48.5 Å². The van der Waals surface area contributed by atoms with E-state index in [1.165, 1.54) is 5.56 Å². The van der Waals surface area contributed by atoms with Crippen molar-refractivity contribution in [1.29, 1.82) is 0 Å². The van der Waals surface area contributed by atoms with Crippen LogP contribution >= 0.6 is 11.6 Å². The van der Waals surface area contributed by atoms with Crippen LogP contribution in [0.2, 0.25) is 5.02 Å². The van der Waals surface area contributed by atoms with Crippen LogP contribution in [0.25, 0.3) is 6.08 Å². The Kier molecular flexibility index (Phi) is 4.71. The van der Waals surface area contributed by atoms with Crippen molar-refractivity contribution in [2.75, 3.05) is 13.1 Å². The second kappa shape index (κ2) is 6.91. The molecule has 1 aliphatic heterocycles. The molecule has 2 aromatic rings. The number of rotatable bonds is 3. The molecule has 0 spiro atoms. The molecule has 3 rings (SSSR count). The lowest BCUT2D eigenvalue weighted by molar-refractivity contribution is -0.117. The third-order valence-corrected chi connectivity index (χ3v) is 4.08. The number of likely N-dealkylation sites (tertiary alicyclic amines) is 1. The average Bonchev–Trinajstić information content (AvgIpc) is 2.52. The van der Waals surface area contributed by atoms with Crippen LogP contribution in [-0.4, -0.2) is 23.8 Å². The van der Waals surface area contributed by atoms with Crippen molar-refractivity contribution in [1.82, 2.24) is 4.90 Å². The first-order valence-corrected chi connectivity index (χ1v) is 7.84. The fourth-order valence-electron chi connectivity index (χ4n) is 2.73. The van der Waals surface area contributed by atoms with Crippen LogP contribution in [0, 0.1) is 0 Å². The minimum Gasteiger partial charge on any atom is -0.294 e. The number of piperidine rings is 1. The summed E-state index contributed by atoms with van der Waals surface area (Å²) >= 11 is 6.01. The summed E-state index contributed by atoms with van der Waals surface area (Å²) in [4.78, 5) is 14.5. The molecule has 0 N–H and O–H groups in total. The maximum absolute atomic E-state index is 12.2. The van der Waals surface area contributed by atoms with Gasteiger partial charge < -0.3 is 0 Å². The van der Waals surface area contributed by atoms with Crippen molar-refractivity contribution in [3.63, 3.8) is 0 Å². The number of carbonyl (C=O) groups excluding carboxylic acids is 1. The van der Waals surface area contributed by atoms with Crippen LogP contribution in [0.1, 0.15) is 17.5 Å². The normalized spacial score (nSPS) is 17.9. The number of benzene rings is 2. The van der Waals surface area contributed by atoms with Gasteiger partial charge in [0.2, 0.25) is 0 Å². The molecule has 1 aliphatic rings. The van der Waals surface area contributed by atoms with Crippen LogP contribution < -0.4 is 0 Å². The Labute approximate surface area is 136 Å². The molecule has 0 amide bonds. The molecule has 1 saturated heterocycles. The number of Topliss-reactive ketones (excluding diaryl/α,β-unsaturated/α-hetero) is 1. The molecular formula is C19H18ClNO. The van der Waals surface area contributed by atoms with E-state index in [0.29, 0.717) is 18.0 Å². The van der Waals surface area contributed by atoms with E-state index in [4.69, 9.17) is 11.6 Å². The summed E-state index contributed by atoms with van der Waals surface area (Å²) in [5.74, 6) is 0.240. The second-order valence-corrected chi connectivity index (χ2v) is 6.03.